The summed E-state index contributed by atoms with van der Waals surface area (Å²) in [7, 11) is 0. The lowest BCUT2D eigenvalue weighted by atomic mass is 9.85. The molecule has 1 saturated carbocycles. The highest BCUT2D eigenvalue weighted by atomic mass is 35.5. The zero-order valence-corrected chi connectivity index (χ0v) is 15.6. The van der Waals surface area contributed by atoms with Crippen LogP contribution in [0.1, 0.15) is 44.3 Å². The van der Waals surface area contributed by atoms with Crippen LogP contribution in [0.4, 0.5) is 0 Å². The molecule has 0 spiro atoms. The molecule has 3 rings (SSSR count). The SMILES string of the molecule is CC1COC(c2ccccc2Cl)CN1C(=O)C1CCCC(N)C1.Cl. The molecule has 2 aliphatic rings. The van der Waals surface area contributed by atoms with E-state index in [1.807, 2.05) is 36.1 Å². The molecule has 134 valence electrons. The topological polar surface area (TPSA) is 55.6 Å². The van der Waals surface area contributed by atoms with Gasteiger partial charge in [-0.25, -0.2) is 0 Å². The van der Waals surface area contributed by atoms with Crippen LogP contribution in [0.5, 0.6) is 0 Å². The second-order valence-corrected chi connectivity index (χ2v) is 7.21. The number of carbonyl (C=O) groups is 1. The highest BCUT2D eigenvalue weighted by Gasteiger charge is 2.36. The average Bonchev–Trinajstić information content (AvgIpc) is 2.55. The predicted octanol–water partition coefficient (Wildman–Crippen LogP) is 3.57. The zero-order valence-electron chi connectivity index (χ0n) is 14.0. The van der Waals surface area contributed by atoms with Crippen molar-refractivity contribution in [1.29, 1.82) is 0 Å². The lowest BCUT2D eigenvalue weighted by Crippen LogP contribution is -2.51. The number of halogens is 2. The molecule has 0 bridgehead atoms. The van der Waals surface area contributed by atoms with Gasteiger partial charge in [0.15, 0.2) is 0 Å². The van der Waals surface area contributed by atoms with Gasteiger partial charge < -0.3 is 15.4 Å². The molecule has 1 aliphatic carbocycles. The highest BCUT2D eigenvalue weighted by molar-refractivity contribution is 6.31. The third-order valence-electron chi connectivity index (χ3n) is 5.03. The number of benzene rings is 1. The van der Waals surface area contributed by atoms with Crippen molar-refractivity contribution in [2.45, 2.75) is 50.8 Å². The first-order valence-electron chi connectivity index (χ1n) is 8.48. The van der Waals surface area contributed by atoms with E-state index in [2.05, 4.69) is 0 Å². The van der Waals surface area contributed by atoms with Crippen molar-refractivity contribution in [3.05, 3.63) is 34.9 Å². The van der Waals surface area contributed by atoms with Crippen molar-refractivity contribution in [2.75, 3.05) is 13.2 Å². The molecule has 1 aromatic rings. The number of carbonyl (C=O) groups excluding carboxylic acids is 1. The van der Waals surface area contributed by atoms with Gasteiger partial charge in [-0.1, -0.05) is 36.2 Å². The Bertz CT molecular complexity index is 570. The molecule has 1 saturated heterocycles. The molecule has 2 fully saturated rings. The fourth-order valence-corrected chi connectivity index (χ4v) is 3.93. The van der Waals surface area contributed by atoms with Crippen LogP contribution in [-0.2, 0) is 9.53 Å². The second kappa shape index (κ2) is 8.52. The predicted molar refractivity (Wildman–Crippen MR) is 98.5 cm³/mol. The summed E-state index contributed by atoms with van der Waals surface area (Å²) in [5, 5.41) is 0.694. The molecule has 0 radical (unpaired) electrons. The molecule has 6 heteroatoms. The average molecular weight is 373 g/mol. The summed E-state index contributed by atoms with van der Waals surface area (Å²) >= 11 is 6.29. The van der Waals surface area contributed by atoms with Crippen LogP contribution in [-0.4, -0.2) is 36.0 Å². The maximum Gasteiger partial charge on any atom is 0.226 e. The summed E-state index contributed by atoms with van der Waals surface area (Å²) in [6.07, 6.45) is 3.68. The Labute approximate surface area is 155 Å². The molecule has 0 aromatic heterocycles. The Balaban J connectivity index is 0.00000208. The number of morpholine rings is 1. The molecule has 1 heterocycles. The van der Waals surface area contributed by atoms with Gasteiger partial charge in [0.05, 0.1) is 19.2 Å². The van der Waals surface area contributed by atoms with E-state index >= 15 is 0 Å². The number of hydrogen-bond donors (Lipinski definition) is 1. The molecule has 1 aromatic carbocycles. The number of rotatable bonds is 2. The fourth-order valence-electron chi connectivity index (χ4n) is 3.67. The lowest BCUT2D eigenvalue weighted by Gasteiger charge is -2.41. The van der Waals surface area contributed by atoms with Crippen molar-refractivity contribution in [1.82, 2.24) is 4.90 Å². The largest absolute Gasteiger partial charge is 0.369 e. The second-order valence-electron chi connectivity index (χ2n) is 6.81. The van der Waals surface area contributed by atoms with Gasteiger partial charge in [0.2, 0.25) is 5.91 Å². The zero-order chi connectivity index (χ0) is 16.4. The number of nitrogens with two attached hydrogens (primary N) is 1. The number of amides is 1. The third kappa shape index (κ3) is 4.23. The van der Waals surface area contributed by atoms with E-state index in [4.69, 9.17) is 22.1 Å². The van der Waals surface area contributed by atoms with Gasteiger partial charge in [0, 0.05) is 22.5 Å². The van der Waals surface area contributed by atoms with Crippen LogP contribution in [0.2, 0.25) is 5.02 Å². The molecule has 4 nitrogen and oxygen atoms in total. The Hall–Kier alpha value is -0.810. The summed E-state index contributed by atoms with van der Waals surface area (Å²) in [4.78, 5) is 14.9. The Kier molecular flexibility index (Phi) is 6.93. The smallest absolute Gasteiger partial charge is 0.226 e. The normalized spacial score (nSPS) is 30.5. The van der Waals surface area contributed by atoms with E-state index in [1.54, 1.807) is 0 Å². The maximum absolute atomic E-state index is 13.0. The van der Waals surface area contributed by atoms with Gasteiger partial charge in [-0.2, -0.15) is 0 Å². The van der Waals surface area contributed by atoms with E-state index in [-0.39, 0.29) is 42.4 Å². The van der Waals surface area contributed by atoms with Crippen molar-refractivity contribution < 1.29 is 9.53 Å². The summed E-state index contributed by atoms with van der Waals surface area (Å²) in [6, 6.07) is 7.96. The van der Waals surface area contributed by atoms with Crippen LogP contribution in [0, 0.1) is 5.92 Å². The lowest BCUT2D eigenvalue weighted by molar-refractivity contribution is -0.150. The molecule has 2 N–H and O–H groups in total. The monoisotopic (exact) mass is 372 g/mol. The quantitative estimate of drug-likeness (QED) is 0.862. The first kappa shape index (κ1) is 19.5. The van der Waals surface area contributed by atoms with Crippen molar-refractivity contribution in [3.8, 4) is 0 Å². The Morgan fingerprint density at radius 3 is 2.79 bits per heavy atom. The molecule has 1 aliphatic heterocycles. The Morgan fingerprint density at radius 1 is 1.33 bits per heavy atom. The highest BCUT2D eigenvalue weighted by Crippen LogP contribution is 2.32. The van der Waals surface area contributed by atoms with Gasteiger partial charge in [-0.05, 0) is 32.3 Å². The molecule has 24 heavy (non-hydrogen) atoms. The summed E-state index contributed by atoms with van der Waals surface area (Å²) < 4.78 is 5.94. The van der Waals surface area contributed by atoms with Gasteiger partial charge in [-0.15, -0.1) is 12.4 Å². The minimum atomic E-state index is -0.152. The van der Waals surface area contributed by atoms with Gasteiger partial charge in [-0.3, -0.25) is 4.79 Å². The minimum Gasteiger partial charge on any atom is -0.369 e. The molecular weight excluding hydrogens is 347 g/mol. The number of ether oxygens (including phenoxy) is 1. The van der Waals surface area contributed by atoms with Crippen LogP contribution in [0.25, 0.3) is 0 Å². The van der Waals surface area contributed by atoms with Gasteiger partial charge >= 0.3 is 0 Å². The molecule has 4 unspecified atom stereocenters. The van der Waals surface area contributed by atoms with Crippen LogP contribution in [0.3, 0.4) is 0 Å². The first-order valence-corrected chi connectivity index (χ1v) is 8.86. The fraction of sp³-hybridized carbons (Fsp3) is 0.611. The number of nitrogens with zero attached hydrogens (tertiary/aromatic N) is 1. The third-order valence-corrected chi connectivity index (χ3v) is 5.38. The Morgan fingerprint density at radius 2 is 2.08 bits per heavy atom. The molecule has 1 amide bonds. The van der Waals surface area contributed by atoms with Crippen LogP contribution >= 0.6 is 24.0 Å². The van der Waals surface area contributed by atoms with Gasteiger partial charge in [0.25, 0.3) is 0 Å². The van der Waals surface area contributed by atoms with Crippen LogP contribution < -0.4 is 5.73 Å². The summed E-state index contributed by atoms with van der Waals surface area (Å²) in [5.74, 6) is 0.291. The van der Waals surface area contributed by atoms with Crippen molar-refractivity contribution in [2.24, 2.45) is 11.7 Å². The standard InChI is InChI=1S/C18H25ClN2O2.ClH/c1-12-11-23-17(15-7-2-3-8-16(15)19)10-21(12)18(22)13-5-4-6-14(20)9-13;/h2-3,7-8,12-14,17H,4-6,9-11,20H2,1H3;1H. The van der Waals surface area contributed by atoms with Crippen LogP contribution in [0.15, 0.2) is 24.3 Å². The number of hydrogen-bond acceptors (Lipinski definition) is 3. The van der Waals surface area contributed by atoms with E-state index < -0.39 is 0 Å². The van der Waals surface area contributed by atoms with Crippen molar-refractivity contribution in [3.63, 3.8) is 0 Å². The summed E-state index contributed by atoms with van der Waals surface area (Å²) in [5.41, 5.74) is 7.01. The van der Waals surface area contributed by atoms with E-state index in [0.717, 1.165) is 31.2 Å². The molecule has 4 atom stereocenters. The molecular formula is C18H26Cl2N2O2. The first-order chi connectivity index (χ1) is 11.1. The van der Waals surface area contributed by atoms with Gasteiger partial charge in [0.1, 0.15) is 6.10 Å². The van der Waals surface area contributed by atoms with Crippen molar-refractivity contribution >= 4 is 29.9 Å². The summed E-state index contributed by atoms with van der Waals surface area (Å²) in [6.45, 7) is 3.15. The maximum atomic E-state index is 13.0. The minimum absolute atomic E-state index is 0. The van der Waals surface area contributed by atoms with E-state index in [0.29, 0.717) is 18.2 Å². The van der Waals surface area contributed by atoms with E-state index in [9.17, 15) is 4.79 Å². The van der Waals surface area contributed by atoms with E-state index in [1.165, 1.54) is 0 Å².